The molecule has 1 fully saturated rings. The van der Waals surface area contributed by atoms with E-state index in [1.807, 2.05) is 182 Å². The second-order valence-electron chi connectivity index (χ2n) is 22.7. The predicted octanol–water partition coefficient (Wildman–Crippen LogP) is 14.2. The van der Waals surface area contributed by atoms with Gasteiger partial charge >= 0.3 is 17.7 Å². The Morgan fingerprint density at radius 2 is 0.948 bits per heavy atom. The molecule has 2 aliphatic rings. The van der Waals surface area contributed by atoms with Crippen LogP contribution in [0.5, 0.6) is 40.2 Å². The zero-order chi connectivity index (χ0) is 65.6. The Morgan fingerprint density at radius 3 is 1.47 bits per heavy atom. The van der Waals surface area contributed by atoms with Crippen molar-refractivity contribution in [3.63, 3.8) is 0 Å². The summed E-state index contributed by atoms with van der Waals surface area (Å²) in [6.45, 7) is 0.250. The maximum Gasteiger partial charge on any atom is 0.331 e. The first-order valence-electron chi connectivity index (χ1n) is 31.1. The van der Waals surface area contributed by atoms with Crippen LogP contribution in [0, 0.1) is 0 Å². The minimum Gasteiger partial charge on any atom is -0.489 e. The first kappa shape index (κ1) is 63.1. The second kappa shape index (κ2) is 29.5. The third-order valence-electron chi connectivity index (χ3n) is 16.0. The fourth-order valence-electron chi connectivity index (χ4n) is 11.0. The summed E-state index contributed by atoms with van der Waals surface area (Å²) < 4.78 is 70.2. The lowest BCUT2D eigenvalue weighted by atomic mass is 9.97. The van der Waals surface area contributed by atoms with Crippen molar-refractivity contribution in [1.82, 2.24) is 0 Å². The number of aliphatic hydroxyl groups excluding tert-OH is 2. The number of hydrogen-bond donors (Lipinski definition) is 2. The summed E-state index contributed by atoms with van der Waals surface area (Å²) in [7, 11) is 0. The molecule has 10 aromatic carbocycles. The van der Waals surface area contributed by atoms with Gasteiger partial charge in [0.2, 0.25) is 17.5 Å². The van der Waals surface area contributed by atoms with Gasteiger partial charge in [0.05, 0.1) is 0 Å². The van der Waals surface area contributed by atoms with E-state index in [1.165, 1.54) is 18.2 Å². The standard InChI is InChI=1S/C80H64O16/c81-70(43-35-53-31-38-62(39-32-53)86-48-55-19-7-1-8-20-55)90-52-69-73(83)75(85)78(93-71(82)44-36-54-33-40-63(41-34-54)87-49-56-21-9-2-10-22-56)79(92-69)94-77-74(84)72-67(89-51-58-25-13-4-14-26-58)46-64(88-50-57-23-11-3-12-24-57)47-68(72)91-76(77)59-37-42-65-66(45-59)96-80(95-65,60-27-15-5-16-28-60)61-29-17-6-18-30-61/h1-47,69,73,75,78-79,83,85H,48-52H2/b43-35+,44-36+/t69-,73+,75+,78-,79+/m1/s1. The molecule has 0 spiro atoms. The van der Waals surface area contributed by atoms with Crippen molar-refractivity contribution in [2.45, 2.75) is 62.9 Å². The highest BCUT2D eigenvalue weighted by Crippen LogP contribution is 2.50. The molecular formula is C80H64O16. The Bertz CT molecular complexity index is 4510. The highest BCUT2D eigenvalue weighted by molar-refractivity contribution is 5.90. The van der Waals surface area contributed by atoms with Crippen LogP contribution in [-0.4, -0.2) is 59.5 Å². The van der Waals surface area contributed by atoms with Crippen molar-refractivity contribution in [2.24, 2.45) is 0 Å². The second-order valence-corrected chi connectivity index (χ2v) is 22.7. The van der Waals surface area contributed by atoms with E-state index >= 15 is 4.79 Å². The van der Waals surface area contributed by atoms with Gasteiger partial charge in [0.15, 0.2) is 23.4 Å². The van der Waals surface area contributed by atoms with Crippen LogP contribution >= 0.6 is 0 Å². The molecule has 13 rings (SSSR count). The van der Waals surface area contributed by atoms with Crippen molar-refractivity contribution in [3.05, 3.63) is 328 Å². The zero-order valence-electron chi connectivity index (χ0n) is 51.7. The van der Waals surface area contributed by atoms with E-state index in [-0.39, 0.29) is 47.0 Å². The number of rotatable bonds is 24. The molecule has 1 saturated heterocycles. The zero-order valence-corrected chi connectivity index (χ0v) is 51.7. The van der Waals surface area contributed by atoms with Crippen molar-refractivity contribution in [2.75, 3.05) is 6.61 Å². The van der Waals surface area contributed by atoms with Gasteiger partial charge in [-0.2, -0.15) is 0 Å². The smallest absolute Gasteiger partial charge is 0.331 e. The third-order valence-corrected chi connectivity index (χ3v) is 16.0. The summed E-state index contributed by atoms with van der Waals surface area (Å²) in [5, 5.41) is 24.0. The average Bonchev–Trinajstić information content (AvgIpc) is 1.37. The lowest BCUT2D eigenvalue weighted by Gasteiger charge is -2.41. The first-order valence-corrected chi connectivity index (χ1v) is 31.1. The molecule has 0 aliphatic carbocycles. The van der Waals surface area contributed by atoms with Crippen LogP contribution in [0.3, 0.4) is 0 Å². The van der Waals surface area contributed by atoms with E-state index in [0.29, 0.717) is 58.5 Å². The quantitative estimate of drug-likeness (QED) is 0.0427. The van der Waals surface area contributed by atoms with E-state index < -0.39 is 66.2 Å². The van der Waals surface area contributed by atoms with Gasteiger partial charge in [0.25, 0.3) is 0 Å². The van der Waals surface area contributed by atoms with Crippen LogP contribution in [0.2, 0.25) is 0 Å². The Balaban J connectivity index is 0.853. The minimum absolute atomic E-state index is 0.0156. The van der Waals surface area contributed by atoms with Gasteiger partial charge in [-0.05, 0) is 88.0 Å². The highest BCUT2D eigenvalue weighted by Gasteiger charge is 2.50. The Morgan fingerprint density at radius 1 is 0.479 bits per heavy atom. The average molecular weight is 1280 g/mol. The molecule has 2 N–H and O–H groups in total. The van der Waals surface area contributed by atoms with E-state index in [9.17, 15) is 19.8 Å². The predicted molar refractivity (Wildman–Crippen MR) is 359 cm³/mol. The number of benzene rings is 10. The Kier molecular flexibility index (Phi) is 19.4. The van der Waals surface area contributed by atoms with Gasteiger partial charge in [0.1, 0.15) is 85.3 Å². The number of fused-ring (bicyclic) bond motifs is 2. The van der Waals surface area contributed by atoms with E-state index in [4.69, 9.17) is 51.8 Å². The van der Waals surface area contributed by atoms with Crippen LogP contribution in [-0.2, 0) is 56.0 Å². The van der Waals surface area contributed by atoms with Gasteiger partial charge in [-0.25, -0.2) is 9.59 Å². The van der Waals surface area contributed by atoms with Gasteiger partial charge in [0, 0.05) is 41.0 Å². The van der Waals surface area contributed by atoms with Crippen LogP contribution in [0.25, 0.3) is 34.4 Å². The van der Waals surface area contributed by atoms with E-state index in [2.05, 4.69) is 0 Å². The molecule has 0 amide bonds. The molecule has 0 bridgehead atoms. The molecule has 1 aromatic heterocycles. The molecule has 5 atom stereocenters. The molecule has 2 aliphatic heterocycles. The third kappa shape index (κ3) is 15.0. The van der Waals surface area contributed by atoms with Crippen molar-refractivity contribution >= 4 is 35.1 Å². The van der Waals surface area contributed by atoms with Gasteiger partial charge in [-0.3, -0.25) is 4.79 Å². The van der Waals surface area contributed by atoms with E-state index in [0.717, 1.165) is 28.3 Å². The SMILES string of the molecule is O=C(/C=C/c1ccc(OCc2ccccc2)cc1)OC[C@H]1O[C@@H](Oc2c(-c3ccc4c(c3)OC(c3ccccc3)(c3ccccc3)O4)oc3cc(OCc4ccccc4)cc(OCc4ccccc4)c3c2=O)[C@H](OC(=O)/C=C/c2ccc(OCc3ccccc3)cc2)[C@@H](O)[C@H]1O. The van der Waals surface area contributed by atoms with Gasteiger partial charge in [-0.15, -0.1) is 0 Å². The molecule has 3 heterocycles. The van der Waals surface area contributed by atoms with Crippen LogP contribution < -0.4 is 38.6 Å². The van der Waals surface area contributed by atoms with Crippen LogP contribution in [0.4, 0.5) is 0 Å². The number of carbonyl (C=O) groups is 2. The normalized spacial score (nSPS) is 17.0. The van der Waals surface area contributed by atoms with Crippen molar-refractivity contribution < 1.29 is 71.6 Å². The molecule has 0 unspecified atom stereocenters. The number of carbonyl (C=O) groups excluding carboxylic acids is 2. The number of aliphatic hydroxyl groups is 2. The largest absolute Gasteiger partial charge is 0.489 e. The van der Waals surface area contributed by atoms with Crippen LogP contribution in [0.15, 0.2) is 282 Å². The number of hydrogen-bond acceptors (Lipinski definition) is 16. The van der Waals surface area contributed by atoms with Crippen molar-refractivity contribution in [1.29, 1.82) is 0 Å². The molecule has 96 heavy (non-hydrogen) atoms. The van der Waals surface area contributed by atoms with Gasteiger partial charge in [-0.1, -0.05) is 206 Å². The lowest BCUT2D eigenvalue weighted by molar-refractivity contribution is -0.282. The summed E-state index contributed by atoms with van der Waals surface area (Å²) in [6, 6.07) is 79.4. The summed E-state index contributed by atoms with van der Waals surface area (Å²) in [5.74, 6) is -1.74. The molecule has 480 valence electrons. The molecule has 11 aromatic rings. The maximum atomic E-state index is 16.0. The van der Waals surface area contributed by atoms with E-state index in [1.54, 1.807) is 78.9 Å². The molecular weight excluding hydrogens is 1220 g/mol. The maximum absolute atomic E-state index is 16.0. The molecule has 16 nitrogen and oxygen atoms in total. The molecule has 0 radical (unpaired) electrons. The molecule has 0 saturated carbocycles. The first-order chi connectivity index (χ1) is 47.1. The Labute approximate surface area is 552 Å². The Hall–Kier alpha value is -11.7. The van der Waals surface area contributed by atoms with Crippen LogP contribution in [0.1, 0.15) is 44.5 Å². The number of esters is 2. The van der Waals surface area contributed by atoms with Crippen molar-refractivity contribution in [3.8, 4) is 51.6 Å². The molecule has 16 heteroatoms. The fraction of sp³-hybridized carbons (Fsp3) is 0.138. The fourth-order valence-corrected chi connectivity index (χ4v) is 11.0. The summed E-state index contributed by atoms with van der Waals surface area (Å²) >= 11 is 0. The summed E-state index contributed by atoms with van der Waals surface area (Å²) in [5.41, 5.74) is 5.77. The lowest BCUT2D eigenvalue weighted by Crippen LogP contribution is -2.61. The topological polar surface area (TPSA) is 197 Å². The monoisotopic (exact) mass is 1280 g/mol. The highest BCUT2D eigenvalue weighted by atomic mass is 16.7. The minimum atomic E-state index is -1.98. The number of ether oxygens (including phenoxy) is 10. The summed E-state index contributed by atoms with van der Waals surface area (Å²) in [4.78, 5) is 43.5. The van der Waals surface area contributed by atoms with Gasteiger partial charge < -0.3 is 62.0 Å². The summed E-state index contributed by atoms with van der Waals surface area (Å²) in [6.07, 6.45) is -3.83.